The highest BCUT2D eigenvalue weighted by Gasteiger charge is 2.23. The van der Waals surface area contributed by atoms with E-state index in [9.17, 15) is 0 Å². The fourth-order valence-corrected chi connectivity index (χ4v) is 4.17. The summed E-state index contributed by atoms with van der Waals surface area (Å²) in [4.78, 5) is 2.51. The first-order chi connectivity index (χ1) is 10.8. The molecule has 2 nitrogen and oxygen atoms in total. The summed E-state index contributed by atoms with van der Waals surface area (Å²) >= 11 is 3.52. The van der Waals surface area contributed by atoms with Crippen LogP contribution in [0.4, 0.5) is 0 Å². The number of fused-ring (bicyclic) bond motifs is 1. The van der Waals surface area contributed by atoms with Gasteiger partial charge in [0, 0.05) is 15.8 Å². The van der Waals surface area contributed by atoms with Crippen LogP contribution in [0.15, 0.2) is 59.4 Å². The highest BCUT2D eigenvalue weighted by Crippen LogP contribution is 2.26. The summed E-state index contributed by atoms with van der Waals surface area (Å²) in [6, 6.07) is 14.8. The molecule has 0 aliphatic carbocycles. The van der Waals surface area contributed by atoms with E-state index >= 15 is 0 Å². The van der Waals surface area contributed by atoms with Crippen LogP contribution < -0.4 is 4.57 Å². The molecule has 0 N–H and O–H groups in total. The summed E-state index contributed by atoms with van der Waals surface area (Å²) in [6.07, 6.45) is 6.55. The molecule has 22 heavy (non-hydrogen) atoms. The maximum atomic E-state index is 2.27. The Morgan fingerprint density at radius 2 is 1.82 bits per heavy atom. The lowest BCUT2D eigenvalue weighted by atomic mass is 10.1. The van der Waals surface area contributed by atoms with E-state index in [1.807, 2.05) is 0 Å². The first kappa shape index (κ1) is 13.5. The zero-order chi connectivity index (χ0) is 14.9. The van der Waals surface area contributed by atoms with Gasteiger partial charge in [-0.2, -0.15) is 4.40 Å². The van der Waals surface area contributed by atoms with Crippen LogP contribution in [0.3, 0.4) is 0 Å². The predicted molar refractivity (Wildman–Crippen MR) is 95.1 cm³/mol. The average molecular weight is 323 g/mol. The molecule has 0 radical (unpaired) electrons. The normalized spacial score (nSPS) is 11.7. The molecule has 0 aliphatic heterocycles. The maximum Gasteiger partial charge on any atom is 0.346 e. The van der Waals surface area contributed by atoms with Crippen LogP contribution >= 0.6 is 22.7 Å². The van der Waals surface area contributed by atoms with E-state index < -0.39 is 0 Å². The standard InChI is InChI=1S/C18H15N2S2/c1-19-17(14-6-3-2-4-7-14)16(20-11-13-22-18(19)20)10-9-15-8-5-12-21-15/h2-13H,1H3/q+1/b10-9+. The van der Waals surface area contributed by atoms with Crippen LogP contribution in [-0.4, -0.2) is 4.40 Å². The first-order valence-corrected chi connectivity index (χ1v) is 8.85. The molecule has 3 aromatic heterocycles. The Balaban J connectivity index is 1.93. The molecule has 0 amide bonds. The molecule has 1 aromatic carbocycles. The van der Waals surface area contributed by atoms with Crippen LogP contribution in [0, 0.1) is 0 Å². The zero-order valence-electron chi connectivity index (χ0n) is 12.1. The highest BCUT2D eigenvalue weighted by atomic mass is 32.1. The van der Waals surface area contributed by atoms with Gasteiger partial charge in [0.2, 0.25) is 0 Å². The summed E-state index contributed by atoms with van der Waals surface area (Å²) in [5.74, 6) is 0. The fraction of sp³-hybridized carbons (Fsp3) is 0.0556. The molecular formula is C18H15N2S2+. The quantitative estimate of drug-likeness (QED) is 0.482. The molecule has 0 unspecified atom stereocenters. The molecule has 0 spiro atoms. The number of hydrogen-bond donors (Lipinski definition) is 0. The Labute approximate surface area is 137 Å². The number of benzene rings is 1. The lowest BCUT2D eigenvalue weighted by molar-refractivity contribution is -0.631. The molecule has 4 aromatic rings. The number of thiazole rings is 1. The van der Waals surface area contributed by atoms with E-state index in [4.69, 9.17) is 0 Å². The van der Waals surface area contributed by atoms with E-state index in [0.29, 0.717) is 0 Å². The largest absolute Gasteiger partial charge is 0.346 e. The van der Waals surface area contributed by atoms with Crippen molar-refractivity contribution in [2.75, 3.05) is 0 Å². The SMILES string of the molecule is C[n+]1c(-c2ccccc2)c(/C=C/c2cccs2)n2ccsc21. The average Bonchev–Trinajstić information content (AvgIpc) is 3.26. The number of thiophene rings is 1. The van der Waals surface area contributed by atoms with Crippen LogP contribution in [0.1, 0.15) is 10.6 Å². The van der Waals surface area contributed by atoms with Crippen molar-refractivity contribution in [1.82, 2.24) is 4.40 Å². The van der Waals surface area contributed by atoms with Gasteiger partial charge >= 0.3 is 4.96 Å². The van der Waals surface area contributed by atoms with E-state index in [-0.39, 0.29) is 0 Å². The summed E-state index contributed by atoms with van der Waals surface area (Å²) in [5.41, 5.74) is 3.71. The number of aromatic nitrogens is 2. The minimum atomic E-state index is 1.22. The van der Waals surface area contributed by atoms with Gasteiger partial charge in [-0.25, -0.2) is 4.57 Å². The molecule has 0 fully saturated rings. The number of aryl methyl sites for hydroxylation is 1. The third kappa shape index (κ3) is 2.21. The van der Waals surface area contributed by atoms with Gasteiger partial charge < -0.3 is 0 Å². The van der Waals surface area contributed by atoms with Crippen LogP contribution in [-0.2, 0) is 7.05 Å². The van der Waals surface area contributed by atoms with Crippen molar-refractivity contribution < 1.29 is 4.57 Å². The lowest BCUT2D eigenvalue weighted by Gasteiger charge is -1.98. The smallest absolute Gasteiger partial charge is 0.216 e. The Morgan fingerprint density at radius 3 is 2.59 bits per heavy atom. The second-order valence-electron chi connectivity index (χ2n) is 5.06. The van der Waals surface area contributed by atoms with Crippen molar-refractivity contribution in [3.8, 4) is 11.3 Å². The van der Waals surface area contributed by atoms with Gasteiger partial charge in [-0.15, -0.1) is 11.3 Å². The van der Waals surface area contributed by atoms with Crippen LogP contribution in [0.25, 0.3) is 28.4 Å². The third-order valence-electron chi connectivity index (χ3n) is 3.71. The fourth-order valence-electron chi connectivity index (χ4n) is 2.72. The third-order valence-corrected chi connectivity index (χ3v) is 5.49. The maximum absolute atomic E-state index is 2.27. The number of rotatable bonds is 3. The van der Waals surface area contributed by atoms with Gasteiger partial charge in [-0.3, -0.25) is 0 Å². The molecular weight excluding hydrogens is 308 g/mol. The molecule has 4 rings (SSSR count). The van der Waals surface area contributed by atoms with Gasteiger partial charge in [0.1, 0.15) is 6.20 Å². The monoisotopic (exact) mass is 323 g/mol. The van der Waals surface area contributed by atoms with Crippen LogP contribution in [0.2, 0.25) is 0 Å². The van der Waals surface area contributed by atoms with Crippen molar-refractivity contribution in [3.05, 3.63) is 70.0 Å². The number of imidazole rings is 1. The zero-order valence-corrected chi connectivity index (χ0v) is 13.8. The van der Waals surface area contributed by atoms with Gasteiger partial charge in [0.25, 0.3) is 0 Å². The second-order valence-corrected chi connectivity index (χ2v) is 6.92. The molecule has 0 saturated carbocycles. The second kappa shape index (κ2) is 5.55. The number of nitrogens with zero attached hydrogens (tertiary/aromatic N) is 2. The molecule has 0 saturated heterocycles. The van der Waals surface area contributed by atoms with Gasteiger partial charge in [-0.05, 0) is 23.6 Å². The first-order valence-electron chi connectivity index (χ1n) is 7.09. The van der Waals surface area contributed by atoms with Gasteiger partial charge in [0.05, 0.1) is 7.05 Å². The Kier molecular flexibility index (Phi) is 3.41. The topological polar surface area (TPSA) is 8.29 Å². The predicted octanol–water partition coefficient (Wildman–Crippen LogP) is 4.72. The minimum Gasteiger partial charge on any atom is -0.216 e. The summed E-state index contributed by atoms with van der Waals surface area (Å²) < 4.78 is 4.53. The Hall–Kier alpha value is -2.17. The van der Waals surface area contributed by atoms with Crippen molar-refractivity contribution in [2.24, 2.45) is 7.05 Å². The van der Waals surface area contributed by atoms with Crippen molar-refractivity contribution in [1.29, 1.82) is 0 Å². The van der Waals surface area contributed by atoms with Gasteiger partial charge in [-0.1, -0.05) is 47.7 Å². The molecule has 0 aliphatic rings. The van der Waals surface area contributed by atoms with E-state index in [1.165, 1.54) is 26.8 Å². The lowest BCUT2D eigenvalue weighted by Crippen LogP contribution is -2.28. The molecule has 108 valence electrons. The molecule has 0 atom stereocenters. The van der Waals surface area contributed by atoms with Gasteiger partial charge in [0.15, 0.2) is 11.4 Å². The Bertz CT molecular complexity index is 928. The van der Waals surface area contributed by atoms with Crippen LogP contribution in [0.5, 0.6) is 0 Å². The summed E-state index contributed by atoms with van der Waals surface area (Å²) in [7, 11) is 2.14. The minimum absolute atomic E-state index is 1.22. The Morgan fingerprint density at radius 1 is 0.955 bits per heavy atom. The van der Waals surface area contributed by atoms with Crippen molar-refractivity contribution >= 4 is 39.8 Å². The van der Waals surface area contributed by atoms with E-state index in [1.54, 1.807) is 22.7 Å². The molecule has 4 heteroatoms. The van der Waals surface area contributed by atoms with Crippen molar-refractivity contribution in [2.45, 2.75) is 0 Å². The highest BCUT2D eigenvalue weighted by molar-refractivity contribution is 7.14. The molecule has 0 bridgehead atoms. The number of hydrogen-bond acceptors (Lipinski definition) is 2. The van der Waals surface area contributed by atoms with Crippen molar-refractivity contribution in [3.63, 3.8) is 0 Å². The molecule has 3 heterocycles. The van der Waals surface area contributed by atoms with E-state index in [0.717, 1.165) is 0 Å². The summed E-state index contributed by atoms with van der Waals surface area (Å²) in [6.45, 7) is 0. The summed E-state index contributed by atoms with van der Waals surface area (Å²) in [5, 5.41) is 4.24. The van der Waals surface area contributed by atoms with E-state index in [2.05, 4.69) is 87.6 Å².